The van der Waals surface area contributed by atoms with E-state index in [1.807, 2.05) is 12.1 Å². The van der Waals surface area contributed by atoms with E-state index in [1.165, 1.54) is 0 Å². The van der Waals surface area contributed by atoms with Crippen molar-refractivity contribution < 1.29 is 8.42 Å². The molecule has 1 saturated heterocycles. The molecule has 1 aromatic carbocycles. The predicted octanol–water partition coefficient (Wildman–Crippen LogP) is 1.32. The van der Waals surface area contributed by atoms with E-state index in [1.54, 1.807) is 12.1 Å². The maximum atomic E-state index is 12.3. The topological polar surface area (TPSA) is 61.4 Å². The molecule has 1 aliphatic carbocycles. The van der Waals surface area contributed by atoms with Crippen LogP contribution in [0, 0.1) is 0 Å². The third kappa shape index (κ3) is 3.56. The molecule has 0 spiro atoms. The molecular formula is C15H23N3O2S. The van der Waals surface area contributed by atoms with Crippen LogP contribution in [0.3, 0.4) is 0 Å². The number of anilines is 1. The molecule has 2 N–H and O–H groups in total. The van der Waals surface area contributed by atoms with Gasteiger partial charge in [-0.15, -0.1) is 0 Å². The lowest BCUT2D eigenvalue weighted by Gasteiger charge is -2.29. The molecule has 1 saturated carbocycles. The summed E-state index contributed by atoms with van der Waals surface area (Å²) in [6.07, 6.45) is 4.15. The van der Waals surface area contributed by atoms with Crippen LogP contribution in [0.5, 0.6) is 0 Å². The van der Waals surface area contributed by atoms with Gasteiger partial charge < -0.3 is 10.2 Å². The highest BCUT2D eigenvalue weighted by atomic mass is 32.2. The van der Waals surface area contributed by atoms with Crippen LogP contribution < -0.4 is 14.9 Å². The quantitative estimate of drug-likeness (QED) is 0.880. The Hall–Kier alpha value is -1.11. The standard InChI is InChI=1S/C15H23N3O2S/c19-21(20,17-13-3-1-2-4-13)15-7-5-14(6-8-15)18-11-9-16-10-12-18/h5-8,13,16-17H,1-4,9-12H2. The molecule has 0 atom stereocenters. The van der Waals surface area contributed by atoms with Gasteiger partial charge in [0, 0.05) is 37.9 Å². The average molecular weight is 309 g/mol. The molecular weight excluding hydrogens is 286 g/mol. The molecule has 2 aliphatic rings. The summed E-state index contributed by atoms with van der Waals surface area (Å²) in [6.45, 7) is 3.88. The van der Waals surface area contributed by atoms with Gasteiger partial charge in [-0.3, -0.25) is 0 Å². The van der Waals surface area contributed by atoms with Crippen molar-refractivity contribution in [2.24, 2.45) is 0 Å². The van der Waals surface area contributed by atoms with Gasteiger partial charge in [0.2, 0.25) is 10.0 Å². The monoisotopic (exact) mass is 309 g/mol. The minimum Gasteiger partial charge on any atom is -0.369 e. The van der Waals surface area contributed by atoms with Crippen LogP contribution in [-0.2, 0) is 10.0 Å². The number of hydrogen-bond acceptors (Lipinski definition) is 4. The average Bonchev–Trinajstić information content (AvgIpc) is 3.00. The summed E-state index contributed by atoms with van der Waals surface area (Å²) >= 11 is 0. The van der Waals surface area contributed by atoms with Crippen molar-refractivity contribution in [2.75, 3.05) is 31.1 Å². The third-order valence-corrected chi connectivity index (χ3v) is 5.84. The van der Waals surface area contributed by atoms with E-state index in [0.717, 1.165) is 57.5 Å². The fourth-order valence-corrected chi connectivity index (χ4v) is 4.40. The molecule has 1 heterocycles. The number of piperazine rings is 1. The normalized spacial score (nSPS) is 20.9. The second kappa shape index (κ2) is 6.34. The highest BCUT2D eigenvalue weighted by Gasteiger charge is 2.23. The van der Waals surface area contributed by atoms with Crippen LogP contribution >= 0.6 is 0 Å². The van der Waals surface area contributed by atoms with E-state index < -0.39 is 10.0 Å². The molecule has 0 amide bonds. The number of nitrogens with one attached hydrogen (secondary N) is 2. The molecule has 0 bridgehead atoms. The van der Waals surface area contributed by atoms with Gasteiger partial charge >= 0.3 is 0 Å². The van der Waals surface area contributed by atoms with Crippen LogP contribution in [0.25, 0.3) is 0 Å². The second-order valence-corrected chi connectivity index (χ2v) is 7.55. The minimum atomic E-state index is -3.37. The van der Waals surface area contributed by atoms with Crippen LogP contribution in [0.15, 0.2) is 29.2 Å². The molecule has 2 fully saturated rings. The lowest BCUT2D eigenvalue weighted by atomic mass is 10.2. The fourth-order valence-electron chi connectivity index (χ4n) is 3.09. The SMILES string of the molecule is O=S(=O)(NC1CCCC1)c1ccc(N2CCNCC2)cc1. The van der Waals surface area contributed by atoms with Gasteiger partial charge in [-0.05, 0) is 37.1 Å². The highest BCUT2D eigenvalue weighted by Crippen LogP contribution is 2.22. The zero-order chi connectivity index (χ0) is 14.7. The van der Waals surface area contributed by atoms with Gasteiger partial charge in [0.05, 0.1) is 4.90 Å². The number of hydrogen-bond donors (Lipinski definition) is 2. The van der Waals surface area contributed by atoms with Crippen molar-refractivity contribution in [2.45, 2.75) is 36.6 Å². The van der Waals surface area contributed by atoms with Gasteiger partial charge in [-0.2, -0.15) is 0 Å². The Morgan fingerprint density at radius 3 is 2.29 bits per heavy atom. The molecule has 21 heavy (non-hydrogen) atoms. The summed E-state index contributed by atoms with van der Waals surface area (Å²) in [5, 5.41) is 3.31. The molecule has 116 valence electrons. The first kappa shape index (κ1) is 14.8. The van der Waals surface area contributed by atoms with E-state index in [0.29, 0.717) is 4.90 Å². The van der Waals surface area contributed by atoms with Crippen LogP contribution in [0.4, 0.5) is 5.69 Å². The van der Waals surface area contributed by atoms with Crippen LogP contribution in [0.1, 0.15) is 25.7 Å². The Labute approximate surface area is 126 Å². The summed E-state index contributed by atoms with van der Waals surface area (Å²) in [4.78, 5) is 2.64. The fraction of sp³-hybridized carbons (Fsp3) is 0.600. The summed E-state index contributed by atoms with van der Waals surface area (Å²) in [6, 6.07) is 7.37. The van der Waals surface area contributed by atoms with Crippen molar-refractivity contribution in [1.29, 1.82) is 0 Å². The van der Waals surface area contributed by atoms with Gasteiger partial charge in [-0.1, -0.05) is 12.8 Å². The molecule has 0 aromatic heterocycles. The van der Waals surface area contributed by atoms with Crippen LogP contribution in [-0.4, -0.2) is 40.6 Å². The van der Waals surface area contributed by atoms with Crippen molar-refractivity contribution in [1.82, 2.24) is 10.0 Å². The summed E-state index contributed by atoms with van der Waals surface area (Å²) in [7, 11) is -3.37. The minimum absolute atomic E-state index is 0.114. The number of benzene rings is 1. The van der Waals surface area contributed by atoms with E-state index in [2.05, 4.69) is 14.9 Å². The van der Waals surface area contributed by atoms with Crippen molar-refractivity contribution >= 4 is 15.7 Å². The first-order valence-electron chi connectivity index (χ1n) is 7.73. The maximum Gasteiger partial charge on any atom is 0.240 e. The zero-order valence-electron chi connectivity index (χ0n) is 12.2. The first-order valence-corrected chi connectivity index (χ1v) is 9.21. The van der Waals surface area contributed by atoms with Gasteiger partial charge in [-0.25, -0.2) is 13.1 Å². The van der Waals surface area contributed by atoms with Crippen LogP contribution in [0.2, 0.25) is 0 Å². The molecule has 0 radical (unpaired) electrons. The lowest BCUT2D eigenvalue weighted by molar-refractivity contribution is 0.552. The van der Waals surface area contributed by atoms with E-state index in [9.17, 15) is 8.42 Å². The van der Waals surface area contributed by atoms with Gasteiger partial charge in [0.25, 0.3) is 0 Å². The van der Waals surface area contributed by atoms with E-state index >= 15 is 0 Å². The first-order chi connectivity index (χ1) is 10.1. The molecule has 6 heteroatoms. The largest absolute Gasteiger partial charge is 0.369 e. The Balaban J connectivity index is 1.70. The molecule has 1 aliphatic heterocycles. The van der Waals surface area contributed by atoms with E-state index in [-0.39, 0.29) is 6.04 Å². The number of sulfonamides is 1. The molecule has 1 aromatic rings. The van der Waals surface area contributed by atoms with Crippen molar-refractivity contribution in [3.63, 3.8) is 0 Å². The van der Waals surface area contributed by atoms with Crippen molar-refractivity contribution in [3.05, 3.63) is 24.3 Å². The zero-order valence-corrected chi connectivity index (χ0v) is 13.0. The number of nitrogens with zero attached hydrogens (tertiary/aromatic N) is 1. The summed E-state index contributed by atoms with van der Waals surface area (Å²) in [5.41, 5.74) is 1.09. The summed E-state index contributed by atoms with van der Waals surface area (Å²) in [5.74, 6) is 0. The number of rotatable bonds is 4. The third-order valence-electron chi connectivity index (χ3n) is 4.31. The predicted molar refractivity (Wildman–Crippen MR) is 84.1 cm³/mol. The molecule has 3 rings (SSSR count). The Kier molecular flexibility index (Phi) is 4.47. The Bertz CT molecular complexity index is 559. The second-order valence-electron chi connectivity index (χ2n) is 5.83. The highest BCUT2D eigenvalue weighted by molar-refractivity contribution is 7.89. The van der Waals surface area contributed by atoms with Gasteiger partial charge in [0.1, 0.15) is 0 Å². The lowest BCUT2D eigenvalue weighted by Crippen LogP contribution is -2.43. The van der Waals surface area contributed by atoms with Gasteiger partial charge in [0.15, 0.2) is 0 Å². The molecule has 0 unspecified atom stereocenters. The summed E-state index contributed by atoms with van der Waals surface area (Å²) < 4.78 is 27.5. The van der Waals surface area contributed by atoms with E-state index in [4.69, 9.17) is 0 Å². The molecule has 5 nitrogen and oxygen atoms in total. The van der Waals surface area contributed by atoms with Crippen molar-refractivity contribution in [3.8, 4) is 0 Å². The smallest absolute Gasteiger partial charge is 0.240 e. The Morgan fingerprint density at radius 2 is 1.67 bits per heavy atom. The maximum absolute atomic E-state index is 12.3. The Morgan fingerprint density at radius 1 is 1.05 bits per heavy atom.